The van der Waals surface area contributed by atoms with Gasteiger partial charge in [-0.15, -0.1) is 0 Å². The number of imidazole rings is 1. The predicted molar refractivity (Wildman–Crippen MR) is 137 cm³/mol. The van der Waals surface area contributed by atoms with E-state index < -0.39 is 5.60 Å². The van der Waals surface area contributed by atoms with Gasteiger partial charge in [0, 0.05) is 18.9 Å². The summed E-state index contributed by atoms with van der Waals surface area (Å²) in [4.78, 5) is 10.3. The van der Waals surface area contributed by atoms with Gasteiger partial charge in [0.15, 0.2) is 0 Å². The van der Waals surface area contributed by atoms with E-state index in [4.69, 9.17) is 23.2 Å². The number of aliphatic hydroxyl groups is 1. The van der Waals surface area contributed by atoms with Crippen molar-refractivity contribution >= 4 is 39.8 Å². The molecule has 6 heteroatoms. The van der Waals surface area contributed by atoms with Crippen molar-refractivity contribution in [3.8, 4) is 0 Å². The van der Waals surface area contributed by atoms with Crippen LogP contribution in [0.4, 0.5) is 0 Å². The van der Waals surface area contributed by atoms with Gasteiger partial charge in [-0.1, -0.05) is 59.6 Å². The van der Waals surface area contributed by atoms with E-state index >= 15 is 0 Å². The summed E-state index contributed by atoms with van der Waals surface area (Å²) in [5, 5.41) is 12.6. The Morgan fingerprint density at radius 3 is 2.67 bits per heavy atom. The summed E-state index contributed by atoms with van der Waals surface area (Å²) in [6, 6.07) is 14.3. The van der Waals surface area contributed by atoms with Gasteiger partial charge in [-0.05, 0) is 74.9 Å². The lowest BCUT2D eigenvalue weighted by Gasteiger charge is -2.48. The molecule has 1 heterocycles. The van der Waals surface area contributed by atoms with E-state index in [2.05, 4.69) is 58.3 Å². The number of hydrogen-bond donors (Lipinski definition) is 2. The number of halogens is 2. The maximum atomic E-state index is 11.5. The van der Waals surface area contributed by atoms with Gasteiger partial charge in [0.2, 0.25) is 0 Å². The standard InChI is InChI=1S/C27H31Cl2N3O/c1-32(12-5-8-26-30-24-15-22(28)23(29)16-25(24)31-26)13-11-27(33)17-19-9-10-20(27)14-21(19)18-6-3-2-4-7-18/h2-4,6-7,14-16,19-20,33H,5,8-13,17H2,1H3,(H,30,31). The van der Waals surface area contributed by atoms with E-state index in [1.807, 2.05) is 12.1 Å². The monoisotopic (exact) mass is 483 g/mol. The second-order valence-electron chi connectivity index (χ2n) is 9.80. The van der Waals surface area contributed by atoms with Crippen molar-refractivity contribution in [3.63, 3.8) is 0 Å². The molecule has 174 valence electrons. The van der Waals surface area contributed by atoms with Crippen molar-refractivity contribution in [2.45, 2.75) is 44.1 Å². The second kappa shape index (κ2) is 9.42. The number of nitrogens with zero attached hydrogens (tertiary/aromatic N) is 2. The van der Waals surface area contributed by atoms with E-state index in [0.29, 0.717) is 16.0 Å². The van der Waals surface area contributed by atoms with Crippen LogP contribution in [0.3, 0.4) is 0 Å². The molecular weight excluding hydrogens is 453 g/mol. The van der Waals surface area contributed by atoms with Gasteiger partial charge in [0.1, 0.15) is 5.82 Å². The summed E-state index contributed by atoms with van der Waals surface area (Å²) in [5.41, 5.74) is 3.96. The van der Waals surface area contributed by atoms with Crippen LogP contribution in [0, 0.1) is 11.8 Å². The minimum Gasteiger partial charge on any atom is -0.389 e. The van der Waals surface area contributed by atoms with Gasteiger partial charge in [-0.25, -0.2) is 4.98 Å². The maximum Gasteiger partial charge on any atom is 0.107 e. The molecule has 2 aromatic carbocycles. The molecule has 1 fully saturated rings. The molecule has 3 unspecified atom stereocenters. The van der Waals surface area contributed by atoms with Crippen molar-refractivity contribution in [2.24, 2.45) is 11.8 Å². The van der Waals surface area contributed by atoms with E-state index in [1.54, 1.807) is 0 Å². The fourth-order valence-electron chi connectivity index (χ4n) is 5.63. The first kappa shape index (κ1) is 22.9. The normalized spacial score (nSPS) is 24.6. The van der Waals surface area contributed by atoms with Crippen LogP contribution in [-0.4, -0.2) is 45.7 Å². The highest BCUT2D eigenvalue weighted by Crippen LogP contribution is 2.51. The van der Waals surface area contributed by atoms with Gasteiger partial charge < -0.3 is 15.0 Å². The Morgan fingerprint density at radius 1 is 1.12 bits per heavy atom. The van der Waals surface area contributed by atoms with Crippen molar-refractivity contribution in [3.05, 3.63) is 70.0 Å². The Hall–Kier alpha value is -1.85. The first-order valence-electron chi connectivity index (χ1n) is 11.9. The van der Waals surface area contributed by atoms with E-state index in [9.17, 15) is 5.11 Å². The zero-order chi connectivity index (χ0) is 23.0. The number of rotatable bonds is 8. The van der Waals surface area contributed by atoms with Gasteiger partial charge in [0.05, 0.1) is 26.7 Å². The van der Waals surface area contributed by atoms with Crippen molar-refractivity contribution in [2.75, 3.05) is 20.1 Å². The lowest BCUT2D eigenvalue weighted by molar-refractivity contribution is -0.0574. The quantitative estimate of drug-likeness (QED) is 0.391. The summed E-state index contributed by atoms with van der Waals surface area (Å²) in [6.07, 6.45) is 8.24. The van der Waals surface area contributed by atoms with Crippen LogP contribution in [0.5, 0.6) is 0 Å². The average Bonchev–Trinajstić information content (AvgIpc) is 3.20. The lowest BCUT2D eigenvalue weighted by atomic mass is 9.61. The Bertz CT molecular complexity index is 1120. The molecule has 6 rings (SSSR count). The molecular formula is C27H31Cl2N3O. The Labute approximate surface area is 205 Å². The number of allylic oxidation sites excluding steroid dienone is 1. The Balaban J connectivity index is 1.13. The van der Waals surface area contributed by atoms with E-state index in [1.165, 1.54) is 17.6 Å². The fraction of sp³-hybridized carbons (Fsp3) is 0.444. The molecule has 1 saturated carbocycles. The van der Waals surface area contributed by atoms with Crippen LogP contribution >= 0.6 is 23.2 Å². The predicted octanol–water partition coefficient (Wildman–Crippen LogP) is 6.37. The molecule has 4 nitrogen and oxygen atoms in total. The molecule has 3 aromatic rings. The summed E-state index contributed by atoms with van der Waals surface area (Å²) in [5.74, 6) is 1.70. The number of aryl methyl sites for hydroxylation is 1. The first-order valence-corrected chi connectivity index (χ1v) is 12.7. The molecule has 3 aliphatic carbocycles. The Morgan fingerprint density at radius 2 is 1.91 bits per heavy atom. The highest BCUT2D eigenvalue weighted by Gasteiger charge is 2.46. The summed E-state index contributed by atoms with van der Waals surface area (Å²) in [7, 11) is 2.15. The zero-order valence-corrected chi connectivity index (χ0v) is 20.5. The largest absolute Gasteiger partial charge is 0.389 e. The number of benzene rings is 2. The van der Waals surface area contributed by atoms with Crippen LogP contribution in [0.25, 0.3) is 16.6 Å². The topological polar surface area (TPSA) is 52.2 Å². The second-order valence-corrected chi connectivity index (χ2v) is 10.6. The third kappa shape index (κ3) is 4.85. The molecule has 0 aliphatic heterocycles. The number of fused-ring (bicyclic) bond motifs is 3. The summed E-state index contributed by atoms with van der Waals surface area (Å²) in [6.45, 7) is 1.87. The smallest absolute Gasteiger partial charge is 0.107 e. The van der Waals surface area contributed by atoms with E-state index in [-0.39, 0.29) is 5.92 Å². The minimum atomic E-state index is -0.577. The van der Waals surface area contributed by atoms with Crippen molar-refractivity contribution < 1.29 is 5.11 Å². The van der Waals surface area contributed by atoms with Crippen LogP contribution in [0.15, 0.2) is 48.5 Å². The average molecular weight is 484 g/mol. The molecule has 1 aromatic heterocycles. The number of H-pyrrole nitrogens is 1. The van der Waals surface area contributed by atoms with E-state index in [0.717, 1.165) is 62.1 Å². The highest BCUT2D eigenvalue weighted by atomic mass is 35.5. The van der Waals surface area contributed by atoms with Gasteiger partial charge in [-0.3, -0.25) is 0 Å². The number of hydrogen-bond acceptors (Lipinski definition) is 3. The minimum absolute atomic E-state index is 0.264. The highest BCUT2D eigenvalue weighted by molar-refractivity contribution is 6.42. The Kier molecular flexibility index (Phi) is 6.54. The fourth-order valence-corrected chi connectivity index (χ4v) is 5.95. The molecule has 33 heavy (non-hydrogen) atoms. The van der Waals surface area contributed by atoms with Crippen LogP contribution in [0.1, 0.15) is 43.5 Å². The number of aromatic nitrogens is 2. The summed E-state index contributed by atoms with van der Waals surface area (Å²) >= 11 is 12.2. The van der Waals surface area contributed by atoms with Crippen LogP contribution < -0.4 is 0 Å². The molecule has 0 radical (unpaired) electrons. The third-order valence-electron chi connectivity index (χ3n) is 7.50. The lowest BCUT2D eigenvalue weighted by Crippen LogP contribution is -2.48. The number of nitrogens with one attached hydrogen (secondary N) is 1. The molecule has 0 amide bonds. The first-order chi connectivity index (χ1) is 15.9. The van der Waals surface area contributed by atoms with Gasteiger partial charge >= 0.3 is 0 Å². The number of aromatic amines is 1. The van der Waals surface area contributed by atoms with Crippen molar-refractivity contribution in [1.82, 2.24) is 14.9 Å². The molecule has 3 atom stereocenters. The molecule has 3 aliphatic rings. The maximum absolute atomic E-state index is 11.5. The SMILES string of the molecule is CN(CCCc1nc2cc(Cl)c(Cl)cc2[nH]1)CCC1(O)CC2CCC1C=C2c1ccccc1. The molecule has 0 saturated heterocycles. The van der Waals surface area contributed by atoms with Gasteiger partial charge in [0.25, 0.3) is 0 Å². The van der Waals surface area contributed by atoms with Crippen LogP contribution in [0.2, 0.25) is 10.0 Å². The van der Waals surface area contributed by atoms with Gasteiger partial charge in [-0.2, -0.15) is 0 Å². The van der Waals surface area contributed by atoms with Crippen molar-refractivity contribution in [1.29, 1.82) is 0 Å². The molecule has 2 N–H and O–H groups in total. The zero-order valence-electron chi connectivity index (χ0n) is 19.0. The summed E-state index contributed by atoms with van der Waals surface area (Å²) < 4.78 is 0. The third-order valence-corrected chi connectivity index (χ3v) is 8.22. The molecule has 0 spiro atoms. The molecule has 2 bridgehead atoms. The van der Waals surface area contributed by atoms with Crippen LogP contribution in [-0.2, 0) is 6.42 Å².